The van der Waals surface area contributed by atoms with Gasteiger partial charge in [0.2, 0.25) is 0 Å². The van der Waals surface area contributed by atoms with Gasteiger partial charge in [-0.05, 0) is 48.5 Å². The lowest BCUT2D eigenvalue weighted by molar-refractivity contribution is 0.669. The molecule has 0 aliphatic rings. The van der Waals surface area contributed by atoms with Gasteiger partial charge in [0.1, 0.15) is 11.2 Å². The highest BCUT2D eigenvalue weighted by atomic mass is 32.1. The van der Waals surface area contributed by atoms with Crippen LogP contribution in [0.3, 0.4) is 0 Å². The second kappa shape index (κ2) is 10.1. The van der Waals surface area contributed by atoms with Crippen LogP contribution < -0.4 is 0 Å². The molecule has 7 aromatic carbocycles. The van der Waals surface area contributed by atoms with Gasteiger partial charge in [0.05, 0.1) is 22.2 Å². The molecule has 0 aliphatic carbocycles. The van der Waals surface area contributed by atoms with E-state index in [0.717, 1.165) is 61.2 Å². The molecule has 11 aromatic rings. The van der Waals surface area contributed by atoms with Gasteiger partial charge in [-0.3, -0.25) is 0 Å². The number of benzene rings is 7. The van der Waals surface area contributed by atoms with E-state index in [0.29, 0.717) is 0 Å². The highest BCUT2D eigenvalue weighted by Gasteiger charge is 2.21. The Kier molecular flexibility index (Phi) is 5.51. The highest BCUT2D eigenvalue weighted by Crippen LogP contribution is 2.46. The third-order valence-electron chi connectivity index (χ3n) is 9.81. The third kappa shape index (κ3) is 3.85. The number of furan rings is 1. The molecule has 0 N–H and O–H groups in total. The van der Waals surface area contributed by atoms with E-state index in [1.165, 1.54) is 42.0 Å². The Balaban J connectivity index is 1.18. The lowest BCUT2D eigenvalue weighted by Crippen LogP contribution is -1.95. The van der Waals surface area contributed by atoms with E-state index >= 15 is 0 Å². The van der Waals surface area contributed by atoms with E-state index in [1.54, 1.807) is 0 Å². The molecule has 0 saturated heterocycles. The SMILES string of the molecule is c1ccc(-c2nc(-c3cccc4c3sc3c4ccc4c3c3ccccc3n4-c3ccc4oc5ccccc5c4c3)nc3ccccc23)cc1. The van der Waals surface area contributed by atoms with Crippen LogP contribution in [0.25, 0.3) is 103 Å². The van der Waals surface area contributed by atoms with E-state index in [-0.39, 0.29) is 0 Å². The predicted octanol–water partition coefficient (Wildman–Crippen LogP) is 12.3. The van der Waals surface area contributed by atoms with Crippen molar-refractivity contribution >= 4 is 86.2 Å². The number of hydrogen-bond donors (Lipinski definition) is 0. The van der Waals surface area contributed by atoms with E-state index < -0.39 is 0 Å². The molecule has 4 heterocycles. The van der Waals surface area contributed by atoms with Crippen molar-refractivity contribution in [1.82, 2.24) is 14.5 Å². The molecule has 4 aromatic heterocycles. The number of hydrogen-bond acceptors (Lipinski definition) is 4. The molecular formula is C44H25N3OS. The summed E-state index contributed by atoms with van der Waals surface area (Å²) < 4.78 is 11.0. The van der Waals surface area contributed by atoms with Crippen molar-refractivity contribution < 1.29 is 4.42 Å². The van der Waals surface area contributed by atoms with Crippen LogP contribution in [0, 0.1) is 0 Å². The quantitative estimate of drug-likeness (QED) is 0.192. The second-order valence-electron chi connectivity index (χ2n) is 12.5. The van der Waals surface area contributed by atoms with Crippen molar-refractivity contribution in [2.24, 2.45) is 0 Å². The van der Waals surface area contributed by atoms with Crippen molar-refractivity contribution in [2.45, 2.75) is 0 Å². The fraction of sp³-hybridized carbons (Fsp3) is 0. The minimum absolute atomic E-state index is 0.744. The first-order valence-corrected chi connectivity index (χ1v) is 17.2. The van der Waals surface area contributed by atoms with Crippen LogP contribution in [-0.4, -0.2) is 14.5 Å². The lowest BCUT2D eigenvalue weighted by Gasteiger charge is -2.10. The molecule has 0 radical (unpaired) electrons. The second-order valence-corrected chi connectivity index (χ2v) is 13.6. The summed E-state index contributed by atoms with van der Waals surface area (Å²) in [7, 11) is 0. The maximum Gasteiger partial charge on any atom is 0.161 e. The standard InChI is InChI=1S/C44H25N3OS/c1-2-11-26(12-3-1)41-31-14-4-7-18-35(31)45-44(46-41)33-17-10-16-29-30-22-23-37-40(43(30)49-42(29)33)32-15-5-8-19-36(32)47(37)27-21-24-39-34(25-27)28-13-6-9-20-38(28)48-39/h1-25H. The Morgan fingerprint density at radius 2 is 1.22 bits per heavy atom. The summed E-state index contributed by atoms with van der Waals surface area (Å²) >= 11 is 1.84. The predicted molar refractivity (Wildman–Crippen MR) is 205 cm³/mol. The smallest absolute Gasteiger partial charge is 0.161 e. The molecule has 0 amide bonds. The average Bonchev–Trinajstić information content (AvgIpc) is 3.84. The lowest BCUT2D eigenvalue weighted by atomic mass is 10.0. The van der Waals surface area contributed by atoms with Gasteiger partial charge in [-0.1, -0.05) is 103 Å². The number of aromatic nitrogens is 3. The Morgan fingerprint density at radius 1 is 0.490 bits per heavy atom. The van der Waals surface area contributed by atoms with E-state index in [2.05, 4.69) is 132 Å². The molecule has 228 valence electrons. The molecule has 0 unspecified atom stereocenters. The highest BCUT2D eigenvalue weighted by molar-refractivity contribution is 7.27. The topological polar surface area (TPSA) is 43.9 Å². The fourth-order valence-corrected chi connectivity index (χ4v) is 8.99. The van der Waals surface area contributed by atoms with Crippen LogP contribution in [0.15, 0.2) is 156 Å². The summed E-state index contributed by atoms with van der Waals surface area (Å²) in [4.78, 5) is 10.4. The molecule has 0 aliphatic heterocycles. The fourth-order valence-electron chi connectivity index (χ4n) is 7.63. The first kappa shape index (κ1) is 26.7. The van der Waals surface area contributed by atoms with Crippen LogP contribution in [0.5, 0.6) is 0 Å². The van der Waals surface area contributed by atoms with Gasteiger partial charge in [0.15, 0.2) is 5.82 Å². The summed E-state index contributed by atoms with van der Waals surface area (Å²) in [6.45, 7) is 0. The van der Waals surface area contributed by atoms with Gasteiger partial charge in [0, 0.05) is 63.9 Å². The van der Waals surface area contributed by atoms with Crippen molar-refractivity contribution in [3.05, 3.63) is 152 Å². The number of fused-ring (bicyclic) bond motifs is 11. The number of nitrogens with zero attached hydrogens (tertiary/aromatic N) is 3. The van der Waals surface area contributed by atoms with Crippen LogP contribution in [0.4, 0.5) is 0 Å². The first-order chi connectivity index (χ1) is 24.3. The summed E-state index contributed by atoms with van der Waals surface area (Å²) in [5.74, 6) is 0.744. The van der Waals surface area contributed by atoms with Crippen molar-refractivity contribution in [3.63, 3.8) is 0 Å². The number of para-hydroxylation sites is 3. The maximum absolute atomic E-state index is 6.18. The van der Waals surface area contributed by atoms with Gasteiger partial charge < -0.3 is 8.98 Å². The average molecular weight is 644 g/mol. The molecule has 4 nitrogen and oxygen atoms in total. The van der Waals surface area contributed by atoms with E-state index in [1.807, 2.05) is 35.6 Å². The van der Waals surface area contributed by atoms with E-state index in [4.69, 9.17) is 14.4 Å². The summed E-state index contributed by atoms with van der Waals surface area (Å²) in [6.07, 6.45) is 0. The first-order valence-electron chi connectivity index (χ1n) is 16.4. The molecular weight excluding hydrogens is 619 g/mol. The van der Waals surface area contributed by atoms with Crippen LogP contribution in [0.2, 0.25) is 0 Å². The maximum atomic E-state index is 6.18. The molecule has 5 heteroatoms. The number of rotatable bonds is 3. The zero-order valence-corrected chi connectivity index (χ0v) is 26.9. The molecule has 0 bridgehead atoms. The van der Waals surface area contributed by atoms with Gasteiger partial charge in [-0.15, -0.1) is 11.3 Å². The monoisotopic (exact) mass is 643 g/mol. The van der Waals surface area contributed by atoms with Crippen molar-refractivity contribution in [2.75, 3.05) is 0 Å². The minimum atomic E-state index is 0.744. The minimum Gasteiger partial charge on any atom is -0.456 e. The summed E-state index contributed by atoms with van der Waals surface area (Å²) in [6, 6.07) is 53.4. The summed E-state index contributed by atoms with van der Waals surface area (Å²) in [5.41, 5.74) is 9.32. The Bertz CT molecular complexity index is 3110. The number of thiophene rings is 1. The van der Waals surface area contributed by atoms with E-state index in [9.17, 15) is 0 Å². The van der Waals surface area contributed by atoms with Crippen molar-refractivity contribution in [3.8, 4) is 28.3 Å². The third-order valence-corrected chi connectivity index (χ3v) is 11.1. The zero-order chi connectivity index (χ0) is 32.1. The molecule has 0 atom stereocenters. The van der Waals surface area contributed by atoms with Crippen LogP contribution >= 0.6 is 11.3 Å². The molecule has 49 heavy (non-hydrogen) atoms. The Hall–Kier alpha value is -6.30. The molecule has 11 rings (SSSR count). The zero-order valence-electron chi connectivity index (χ0n) is 26.1. The van der Waals surface area contributed by atoms with Gasteiger partial charge in [-0.2, -0.15) is 0 Å². The normalized spacial score (nSPS) is 12.1. The largest absolute Gasteiger partial charge is 0.456 e. The Labute approximate surface area is 284 Å². The molecule has 0 fully saturated rings. The summed E-state index contributed by atoms with van der Waals surface area (Å²) in [5, 5.41) is 8.28. The van der Waals surface area contributed by atoms with Gasteiger partial charge in [0.25, 0.3) is 0 Å². The van der Waals surface area contributed by atoms with Crippen LogP contribution in [-0.2, 0) is 0 Å². The Morgan fingerprint density at radius 3 is 2.14 bits per heavy atom. The van der Waals surface area contributed by atoms with Gasteiger partial charge in [-0.25, -0.2) is 9.97 Å². The van der Waals surface area contributed by atoms with Crippen molar-refractivity contribution in [1.29, 1.82) is 0 Å². The molecule has 0 spiro atoms. The molecule has 0 saturated carbocycles. The van der Waals surface area contributed by atoms with Crippen LogP contribution in [0.1, 0.15) is 0 Å². The van der Waals surface area contributed by atoms with Gasteiger partial charge >= 0.3 is 0 Å².